The standard InChI is InChI=1S/C26H26N2O2S/c1-18(2)19-12-15-21(16-13-19)28(26-27-22-9-5-7-11-24(22)31-26)25(29)17-14-20-8-4-6-10-23(20)30-3/h4-13,15-16,18H,14,17H2,1-3H3. The zero-order valence-corrected chi connectivity index (χ0v) is 18.9. The molecule has 0 aliphatic rings. The van der Waals surface area contributed by atoms with Crippen LogP contribution in [-0.4, -0.2) is 18.0 Å². The zero-order chi connectivity index (χ0) is 21.8. The molecule has 0 saturated heterocycles. The Bertz CT molecular complexity index is 1150. The average Bonchev–Trinajstić information content (AvgIpc) is 3.22. The number of methoxy groups -OCH3 is 1. The van der Waals surface area contributed by atoms with Crippen molar-refractivity contribution in [1.29, 1.82) is 0 Å². The summed E-state index contributed by atoms with van der Waals surface area (Å²) in [5.41, 5.74) is 4.02. The van der Waals surface area contributed by atoms with Crippen molar-refractivity contribution < 1.29 is 9.53 Å². The summed E-state index contributed by atoms with van der Waals surface area (Å²) in [5, 5.41) is 0.698. The smallest absolute Gasteiger partial charge is 0.233 e. The van der Waals surface area contributed by atoms with E-state index in [1.807, 2.05) is 60.7 Å². The normalized spacial score (nSPS) is 11.1. The average molecular weight is 431 g/mol. The second-order valence-electron chi connectivity index (χ2n) is 7.75. The molecule has 0 fully saturated rings. The minimum absolute atomic E-state index is 0.0160. The van der Waals surface area contributed by atoms with E-state index in [1.54, 1.807) is 12.0 Å². The lowest BCUT2D eigenvalue weighted by Crippen LogP contribution is -2.26. The first-order valence-electron chi connectivity index (χ1n) is 10.5. The van der Waals surface area contributed by atoms with Crippen molar-refractivity contribution in [2.45, 2.75) is 32.6 Å². The van der Waals surface area contributed by atoms with Gasteiger partial charge in [-0.25, -0.2) is 4.98 Å². The third kappa shape index (κ3) is 4.62. The van der Waals surface area contributed by atoms with Gasteiger partial charge in [0.15, 0.2) is 5.13 Å². The number of nitrogens with zero attached hydrogens (tertiary/aromatic N) is 2. The van der Waals surface area contributed by atoms with Gasteiger partial charge in [-0.1, -0.05) is 67.6 Å². The van der Waals surface area contributed by atoms with E-state index in [0.29, 0.717) is 23.9 Å². The van der Waals surface area contributed by atoms with Crippen molar-refractivity contribution in [1.82, 2.24) is 4.98 Å². The molecule has 0 unspecified atom stereocenters. The van der Waals surface area contributed by atoms with Crippen LogP contribution in [0.15, 0.2) is 72.8 Å². The Hall–Kier alpha value is -3.18. The largest absolute Gasteiger partial charge is 0.496 e. The van der Waals surface area contributed by atoms with Crippen LogP contribution in [0.1, 0.15) is 37.3 Å². The fourth-order valence-electron chi connectivity index (χ4n) is 3.59. The van der Waals surface area contributed by atoms with Gasteiger partial charge in [0.05, 0.1) is 23.0 Å². The predicted molar refractivity (Wildman–Crippen MR) is 129 cm³/mol. The van der Waals surface area contributed by atoms with E-state index in [9.17, 15) is 4.79 Å². The van der Waals surface area contributed by atoms with Gasteiger partial charge in [-0.15, -0.1) is 0 Å². The van der Waals surface area contributed by atoms with Gasteiger partial charge < -0.3 is 4.74 Å². The molecule has 0 spiro atoms. The highest BCUT2D eigenvalue weighted by atomic mass is 32.1. The summed E-state index contributed by atoms with van der Waals surface area (Å²) in [6.07, 6.45) is 0.969. The number of anilines is 2. The van der Waals surface area contributed by atoms with Crippen LogP contribution in [0.2, 0.25) is 0 Å². The molecule has 0 atom stereocenters. The molecular weight excluding hydrogens is 404 g/mol. The molecule has 4 nitrogen and oxygen atoms in total. The number of amides is 1. The summed E-state index contributed by atoms with van der Waals surface area (Å²) in [6.45, 7) is 4.33. The van der Waals surface area contributed by atoms with Gasteiger partial charge in [0.1, 0.15) is 5.75 Å². The number of thiazole rings is 1. The first-order valence-corrected chi connectivity index (χ1v) is 11.3. The lowest BCUT2D eigenvalue weighted by Gasteiger charge is -2.21. The van der Waals surface area contributed by atoms with E-state index in [-0.39, 0.29) is 5.91 Å². The zero-order valence-electron chi connectivity index (χ0n) is 18.0. The molecule has 4 aromatic rings. The van der Waals surface area contributed by atoms with Crippen LogP contribution in [-0.2, 0) is 11.2 Å². The Morgan fingerprint density at radius 3 is 2.42 bits per heavy atom. The number of benzene rings is 3. The van der Waals surface area contributed by atoms with Gasteiger partial charge in [-0.05, 0) is 53.8 Å². The Kier molecular flexibility index (Phi) is 6.33. The third-order valence-electron chi connectivity index (χ3n) is 5.34. The van der Waals surface area contributed by atoms with Crippen LogP contribution in [0.25, 0.3) is 10.2 Å². The Morgan fingerprint density at radius 2 is 1.71 bits per heavy atom. The maximum atomic E-state index is 13.5. The molecule has 1 amide bonds. The van der Waals surface area contributed by atoms with Crippen LogP contribution in [0, 0.1) is 0 Å². The summed E-state index contributed by atoms with van der Waals surface area (Å²) >= 11 is 1.54. The number of hydrogen-bond acceptors (Lipinski definition) is 4. The highest BCUT2D eigenvalue weighted by Gasteiger charge is 2.22. The molecule has 0 saturated carbocycles. The lowest BCUT2D eigenvalue weighted by molar-refractivity contribution is -0.117. The second-order valence-corrected chi connectivity index (χ2v) is 8.76. The van der Waals surface area contributed by atoms with E-state index in [2.05, 4.69) is 26.0 Å². The number of hydrogen-bond donors (Lipinski definition) is 0. The quantitative estimate of drug-likeness (QED) is 0.327. The van der Waals surface area contributed by atoms with Crippen LogP contribution in [0.3, 0.4) is 0 Å². The van der Waals surface area contributed by atoms with E-state index in [0.717, 1.165) is 27.2 Å². The maximum Gasteiger partial charge on any atom is 0.233 e. The van der Waals surface area contributed by atoms with Gasteiger partial charge in [0.2, 0.25) is 5.91 Å². The molecule has 31 heavy (non-hydrogen) atoms. The van der Waals surface area contributed by atoms with Crippen molar-refractivity contribution in [3.05, 3.63) is 83.9 Å². The van der Waals surface area contributed by atoms with E-state index >= 15 is 0 Å². The molecule has 0 radical (unpaired) electrons. The SMILES string of the molecule is COc1ccccc1CCC(=O)N(c1ccc(C(C)C)cc1)c1nc2ccccc2s1. The molecule has 4 rings (SSSR count). The van der Waals surface area contributed by atoms with E-state index in [1.165, 1.54) is 16.9 Å². The second kappa shape index (κ2) is 9.31. The van der Waals surface area contributed by atoms with Crippen molar-refractivity contribution in [3.63, 3.8) is 0 Å². The van der Waals surface area contributed by atoms with Crippen molar-refractivity contribution in [2.75, 3.05) is 12.0 Å². The van der Waals surface area contributed by atoms with Gasteiger partial charge in [0.25, 0.3) is 0 Å². The molecule has 3 aromatic carbocycles. The Labute approximate surface area is 187 Å². The van der Waals surface area contributed by atoms with Gasteiger partial charge in [-0.3, -0.25) is 9.69 Å². The number of carbonyl (C=O) groups is 1. The van der Waals surface area contributed by atoms with Crippen LogP contribution < -0.4 is 9.64 Å². The van der Waals surface area contributed by atoms with E-state index < -0.39 is 0 Å². The molecule has 5 heteroatoms. The molecule has 0 N–H and O–H groups in total. The van der Waals surface area contributed by atoms with Gasteiger partial charge >= 0.3 is 0 Å². The summed E-state index contributed by atoms with van der Waals surface area (Å²) < 4.78 is 6.52. The summed E-state index contributed by atoms with van der Waals surface area (Å²) in [5.74, 6) is 1.26. The third-order valence-corrected chi connectivity index (χ3v) is 6.36. The molecule has 0 bridgehead atoms. The number of fused-ring (bicyclic) bond motifs is 1. The fraction of sp³-hybridized carbons (Fsp3) is 0.231. The summed E-state index contributed by atoms with van der Waals surface area (Å²) in [4.78, 5) is 20.0. The Balaban J connectivity index is 1.66. The summed E-state index contributed by atoms with van der Waals surface area (Å²) in [6, 6.07) is 24.0. The number of aromatic nitrogens is 1. The topological polar surface area (TPSA) is 42.4 Å². The molecule has 0 aliphatic heterocycles. The van der Waals surface area contributed by atoms with Crippen molar-refractivity contribution >= 4 is 38.3 Å². The monoisotopic (exact) mass is 430 g/mol. The highest BCUT2D eigenvalue weighted by Crippen LogP contribution is 2.35. The van der Waals surface area contributed by atoms with Gasteiger partial charge in [-0.2, -0.15) is 0 Å². The maximum absolute atomic E-state index is 13.5. The van der Waals surface area contributed by atoms with Crippen LogP contribution in [0.5, 0.6) is 5.75 Å². The number of aryl methyl sites for hydroxylation is 1. The molecular formula is C26H26N2O2S. The first kappa shape index (κ1) is 21.1. The number of rotatable bonds is 7. The number of ether oxygens (including phenoxy) is 1. The molecule has 158 valence electrons. The Morgan fingerprint density at radius 1 is 1.00 bits per heavy atom. The fourth-order valence-corrected chi connectivity index (χ4v) is 4.59. The minimum atomic E-state index is 0.0160. The van der Waals surface area contributed by atoms with Crippen molar-refractivity contribution in [2.24, 2.45) is 0 Å². The molecule has 1 heterocycles. The first-order chi connectivity index (χ1) is 15.1. The number of carbonyl (C=O) groups excluding carboxylic acids is 1. The predicted octanol–water partition coefficient (Wildman–Crippen LogP) is 6.73. The molecule has 1 aromatic heterocycles. The van der Waals surface area contributed by atoms with E-state index in [4.69, 9.17) is 9.72 Å². The van der Waals surface area contributed by atoms with Crippen molar-refractivity contribution in [3.8, 4) is 5.75 Å². The minimum Gasteiger partial charge on any atom is -0.496 e. The number of para-hydroxylation sites is 2. The summed E-state index contributed by atoms with van der Waals surface area (Å²) in [7, 11) is 1.66. The van der Waals surface area contributed by atoms with Crippen LogP contribution >= 0.6 is 11.3 Å². The van der Waals surface area contributed by atoms with Crippen LogP contribution in [0.4, 0.5) is 10.8 Å². The lowest BCUT2D eigenvalue weighted by atomic mass is 10.0. The highest BCUT2D eigenvalue weighted by molar-refractivity contribution is 7.22. The molecule has 0 aliphatic carbocycles. The van der Waals surface area contributed by atoms with Gasteiger partial charge in [0, 0.05) is 6.42 Å².